The van der Waals surface area contributed by atoms with E-state index in [0.717, 1.165) is 0 Å². The Balaban J connectivity index is 0.000000174. The van der Waals surface area contributed by atoms with Crippen molar-refractivity contribution in [2.45, 2.75) is 6.92 Å². The summed E-state index contributed by atoms with van der Waals surface area (Å²) >= 11 is 0. The molecule has 0 saturated carbocycles. The summed E-state index contributed by atoms with van der Waals surface area (Å²) in [6.07, 6.45) is 0. The highest BCUT2D eigenvalue weighted by atomic mass is 16.4. The lowest BCUT2D eigenvalue weighted by atomic mass is 10.0. The summed E-state index contributed by atoms with van der Waals surface area (Å²) < 4.78 is 0. The van der Waals surface area contributed by atoms with Crippen molar-refractivity contribution in [1.29, 1.82) is 0 Å². The van der Waals surface area contributed by atoms with E-state index < -0.39 is 5.97 Å². The predicted octanol–water partition coefficient (Wildman–Crippen LogP) is 3.22. The molecular weight excluding hydrogens is 224 g/mol. The van der Waals surface area contributed by atoms with Crippen LogP contribution in [0.4, 0.5) is 0 Å². The normalized spacial score (nSPS) is 10.1. The van der Waals surface area contributed by atoms with Gasteiger partial charge in [-0.2, -0.15) is 0 Å². The van der Waals surface area contributed by atoms with Crippen LogP contribution in [0.2, 0.25) is 0 Å². The van der Waals surface area contributed by atoms with Gasteiger partial charge in [0.05, 0.1) is 0 Å². The molecule has 0 amide bonds. The first-order chi connectivity index (χ1) is 8.61. The number of carbonyl (C=O) groups is 1. The minimum atomic E-state index is -0.935. The smallest absolute Gasteiger partial charge is 0.330 e. The van der Waals surface area contributed by atoms with Gasteiger partial charge in [0.2, 0.25) is 0 Å². The van der Waals surface area contributed by atoms with Crippen molar-refractivity contribution in [2.75, 3.05) is 0 Å². The van der Waals surface area contributed by atoms with Gasteiger partial charge in [0.1, 0.15) is 0 Å². The van der Waals surface area contributed by atoms with Crippen LogP contribution in [-0.2, 0) is 4.79 Å². The number of hydrogen-bond donors (Lipinski definition) is 1. The fourth-order valence-corrected chi connectivity index (χ4v) is 1.84. The van der Waals surface area contributed by atoms with E-state index in [0.29, 0.717) is 0 Å². The second-order valence-corrected chi connectivity index (χ2v) is 4.18. The number of benzene rings is 2. The summed E-state index contributed by atoms with van der Waals surface area (Å²) in [5.74, 6) is -0.935. The Kier molecular flexibility index (Phi) is 3.28. The summed E-state index contributed by atoms with van der Waals surface area (Å²) in [7, 11) is 0. The molecule has 0 spiro atoms. The lowest BCUT2D eigenvalue weighted by molar-refractivity contribution is -0.132. The minimum Gasteiger partial charge on any atom is -0.478 e. The van der Waals surface area contributed by atoms with Gasteiger partial charge in [-0.05, 0) is 27.8 Å². The first kappa shape index (κ1) is 12.1. The van der Waals surface area contributed by atoms with Crippen molar-refractivity contribution in [3.8, 4) is 0 Å². The standard InChI is InChI=1S/C12H8.C4H6O2/c1-2-6-10-9(5-1)11-7-3-4-8-12(10)11;1-3(2)4(5)6/h1-8H;1H2,2H3,(H,5,6). The van der Waals surface area contributed by atoms with Crippen LogP contribution in [0.15, 0.2) is 60.7 Å². The first-order valence-electron chi connectivity index (χ1n) is 5.69. The molecule has 90 valence electrons. The molecule has 0 atom stereocenters. The molecule has 0 fully saturated rings. The second-order valence-electron chi connectivity index (χ2n) is 4.18. The van der Waals surface area contributed by atoms with E-state index in [-0.39, 0.29) is 5.57 Å². The zero-order valence-corrected chi connectivity index (χ0v) is 10.2. The highest BCUT2D eigenvalue weighted by Crippen LogP contribution is 2.11. The van der Waals surface area contributed by atoms with Crippen LogP contribution in [0, 0.1) is 20.9 Å². The number of hydrogen-bond acceptors (Lipinski definition) is 1. The molecule has 18 heavy (non-hydrogen) atoms. The molecule has 2 aromatic carbocycles. The molecule has 3 rings (SSSR count). The van der Waals surface area contributed by atoms with Crippen molar-refractivity contribution in [3.63, 3.8) is 0 Å². The molecule has 2 heteroatoms. The summed E-state index contributed by atoms with van der Waals surface area (Å²) in [6, 6.07) is 17.1. The monoisotopic (exact) mass is 238 g/mol. The van der Waals surface area contributed by atoms with Crippen molar-refractivity contribution in [1.82, 2.24) is 0 Å². The molecule has 0 aromatic heterocycles. The Morgan fingerprint density at radius 2 is 1.11 bits per heavy atom. The van der Waals surface area contributed by atoms with E-state index in [9.17, 15) is 4.79 Å². The Bertz CT molecular complexity index is 642. The third-order valence-electron chi connectivity index (χ3n) is 2.80. The summed E-state index contributed by atoms with van der Waals surface area (Å²) in [4.78, 5) is 9.60. The average Bonchev–Trinajstić information content (AvgIpc) is 2.36. The van der Waals surface area contributed by atoms with Crippen LogP contribution in [0.25, 0.3) is 0 Å². The highest BCUT2D eigenvalue weighted by Gasteiger charge is 1.97. The minimum absolute atomic E-state index is 0.176. The van der Waals surface area contributed by atoms with Gasteiger partial charge >= 0.3 is 5.97 Å². The van der Waals surface area contributed by atoms with Gasteiger partial charge < -0.3 is 5.11 Å². The molecule has 2 aromatic rings. The van der Waals surface area contributed by atoms with Gasteiger partial charge in [-0.25, -0.2) is 4.79 Å². The van der Waals surface area contributed by atoms with E-state index in [1.165, 1.54) is 27.8 Å². The maximum absolute atomic E-state index is 9.60. The summed E-state index contributed by atoms with van der Waals surface area (Å²) in [5.41, 5.74) is 0.176. The number of carboxylic acids is 1. The van der Waals surface area contributed by atoms with Crippen LogP contribution >= 0.6 is 0 Å². The molecule has 1 N–H and O–H groups in total. The summed E-state index contributed by atoms with van der Waals surface area (Å²) in [6.45, 7) is 4.60. The fourth-order valence-electron chi connectivity index (χ4n) is 1.84. The Hall–Kier alpha value is -2.35. The third-order valence-corrected chi connectivity index (χ3v) is 2.80. The molecule has 0 heterocycles. The Morgan fingerprint density at radius 1 is 0.889 bits per heavy atom. The second kappa shape index (κ2) is 4.88. The maximum Gasteiger partial charge on any atom is 0.330 e. The van der Waals surface area contributed by atoms with Crippen molar-refractivity contribution in [2.24, 2.45) is 0 Å². The zero-order valence-electron chi connectivity index (χ0n) is 10.2. The van der Waals surface area contributed by atoms with Crippen LogP contribution < -0.4 is 0 Å². The molecule has 0 radical (unpaired) electrons. The fraction of sp³-hybridized carbons (Fsp3) is 0.0625. The number of carboxylic acid groups (broad SMARTS) is 1. The van der Waals surface area contributed by atoms with E-state index in [1.54, 1.807) is 0 Å². The Morgan fingerprint density at radius 3 is 1.28 bits per heavy atom. The lowest BCUT2D eigenvalue weighted by Gasteiger charge is -2.02. The molecule has 1 aliphatic carbocycles. The van der Waals surface area contributed by atoms with Crippen LogP contribution in [-0.4, -0.2) is 11.1 Å². The van der Waals surface area contributed by atoms with Gasteiger partial charge in [-0.1, -0.05) is 55.1 Å². The van der Waals surface area contributed by atoms with E-state index in [1.807, 2.05) is 0 Å². The van der Waals surface area contributed by atoms with E-state index >= 15 is 0 Å². The molecular formula is C16H14O2. The van der Waals surface area contributed by atoms with Gasteiger partial charge in [0, 0.05) is 5.57 Å². The van der Waals surface area contributed by atoms with Crippen molar-refractivity contribution in [3.05, 3.63) is 81.6 Å². The van der Waals surface area contributed by atoms with E-state index in [2.05, 4.69) is 55.1 Å². The third kappa shape index (κ3) is 2.18. The first-order valence-corrected chi connectivity index (χ1v) is 5.69. The quantitative estimate of drug-likeness (QED) is 0.661. The molecule has 0 unspecified atom stereocenters. The largest absolute Gasteiger partial charge is 0.478 e. The number of rotatable bonds is 1. The van der Waals surface area contributed by atoms with Crippen LogP contribution in [0.5, 0.6) is 0 Å². The molecule has 2 nitrogen and oxygen atoms in total. The topological polar surface area (TPSA) is 37.3 Å². The van der Waals surface area contributed by atoms with Gasteiger partial charge in [0.25, 0.3) is 0 Å². The summed E-state index contributed by atoms with van der Waals surface area (Å²) in [5, 5.41) is 13.5. The SMILES string of the molecule is C=C(C)C(=O)O.c1ccc2c(c1)=c1ccccc1=2. The number of aliphatic carboxylic acids is 1. The van der Waals surface area contributed by atoms with E-state index in [4.69, 9.17) is 5.11 Å². The zero-order chi connectivity index (χ0) is 13.1. The van der Waals surface area contributed by atoms with Crippen molar-refractivity contribution >= 4 is 5.97 Å². The van der Waals surface area contributed by atoms with Crippen LogP contribution in [0.3, 0.4) is 0 Å². The Labute approximate surface area is 105 Å². The van der Waals surface area contributed by atoms with Gasteiger partial charge in [-0.3, -0.25) is 0 Å². The molecule has 0 aliphatic heterocycles. The maximum atomic E-state index is 9.60. The van der Waals surface area contributed by atoms with Crippen LogP contribution in [0.1, 0.15) is 6.92 Å². The molecule has 0 bridgehead atoms. The molecule has 0 saturated heterocycles. The lowest BCUT2D eigenvalue weighted by Crippen LogP contribution is -1.92. The highest BCUT2D eigenvalue weighted by molar-refractivity contribution is 5.84. The number of fused-ring (bicyclic) bond motifs is 2. The van der Waals surface area contributed by atoms with Gasteiger partial charge in [-0.15, -0.1) is 0 Å². The predicted molar refractivity (Wildman–Crippen MR) is 70.7 cm³/mol. The van der Waals surface area contributed by atoms with Crippen molar-refractivity contribution < 1.29 is 9.90 Å². The van der Waals surface area contributed by atoms with Gasteiger partial charge in [0.15, 0.2) is 0 Å². The average molecular weight is 238 g/mol. The molecule has 1 aliphatic rings.